The number of halogens is 1. The average Bonchev–Trinajstić information content (AvgIpc) is 2.87. The first-order valence-corrected chi connectivity index (χ1v) is 11.9. The van der Waals surface area contributed by atoms with E-state index in [2.05, 4.69) is 21.2 Å². The summed E-state index contributed by atoms with van der Waals surface area (Å²) in [5.74, 6) is 0.789. The Bertz CT molecular complexity index is 1060. The van der Waals surface area contributed by atoms with Gasteiger partial charge in [-0.1, -0.05) is 58.4 Å². The lowest BCUT2D eigenvalue weighted by molar-refractivity contribution is -0.142. The van der Waals surface area contributed by atoms with E-state index in [1.165, 1.54) is 0 Å². The highest BCUT2D eigenvalue weighted by molar-refractivity contribution is 9.10. The molecule has 0 saturated carbocycles. The topological polar surface area (TPSA) is 67.9 Å². The zero-order valence-corrected chi connectivity index (χ0v) is 21.0. The molecule has 0 aliphatic carbocycles. The number of carbonyl (C=O) groups is 2. The molecule has 3 aromatic carbocycles. The van der Waals surface area contributed by atoms with Crippen LogP contribution in [0.1, 0.15) is 18.1 Å². The number of nitrogens with zero attached hydrogens (tertiary/aromatic N) is 1. The number of hydrogen-bond donors (Lipinski definition) is 1. The predicted octanol–water partition coefficient (Wildman–Crippen LogP) is 4.61. The Kier molecular flexibility index (Phi) is 9.52. The van der Waals surface area contributed by atoms with Gasteiger partial charge in [-0.05, 0) is 54.4 Å². The molecule has 0 bridgehead atoms. The van der Waals surface area contributed by atoms with Gasteiger partial charge in [-0.2, -0.15) is 0 Å². The maximum Gasteiger partial charge on any atom is 0.261 e. The Morgan fingerprint density at radius 1 is 0.912 bits per heavy atom. The molecule has 0 saturated heterocycles. The van der Waals surface area contributed by atoms with Crippen molar-refractivity contribution in [2.75, 3.05) is 20.3 Å². The molecular weight excluding hydrogens is 496 g/mol. The van der Waals surface area contributed by atoms with Crippen molar-refractivity contribution >= 4 is 27.7 Å². The largest absolute Gasteiger partial charge is 0.497 e. The number of carbonyl (C=O) groups excluding carboxylic acids is 2. The van der Waals surface area contributed by atoms with Crippen molar-refractivity contribution in [2.45, 2.75) is 25.9 Å². The average molecular weight is 525 g/mol. The van der Waals surface area contributed by atoms with E-state index in [0.717, 1.165) is 15.6 Å². The van der Waals surface area contributed by atoms with Gasteiger partial charge in [0.05, 0.1) is 7.11 Å². The van der Waals surface area contributed by atoms with Gasteiger partial charge in [0, 0.05) is 24.0 Å². The summed E-state index contributed by atoms with van der Waals surface area (Å²) >= 11 is 3.44. The Balaban J connectivity index is 1.85. The molecule has 0 aliphatic heterocycles. The number of amides is 2. The predicted molar refractivity (Wildman–Crippen MR) is 136 cm³/mol. The third-order valence-corrected chi connectivity index (χ3v) is 5.84. The van der Waals surface area contributed by atoms with Crippen molar-refractivity contribution in [3.63, 3.8) is 0 Å². The molecule has 1 N–H and O–H groups in total. The van der Waals surface area contributed by atoms with Crippen LogP contribution in [0.5, 0.6) is 11.5 Å². The van der Waals surface area contributed by atoms with E-state index in [1.54, 1.807) is 36.3 Å². The Morgan fingerprint density at radius 3 is 2.18 bits per heavy atom. The number of rotatable bonds is 11. The second-order valence-electron chi connectivity index (χ2n) is 7.71. The van der Waals surface area contributed by atoms with Crippen molar-refractivity contribution in [3.05, 3.63) is 94.5 Å². The monoisotopic (exact) mass is 524 g/mol. The summed E-state index contributed by atoms with van der Waals surface area (Å²) in [5, 5.41) is 2.89. The fraction of sp³-hybridized carbons (Fsp3) is 0.259. The number of methoxy groups -OCH3 is 1. The lowest BCUT2D eigenvalue weighted by Crippen LogP contribution is -2.51. The number of ether oxygens (including phenoxy) is 2. The number of likely N-dealkylation sites (N-methyl/N-ethyl adjacent to an activating group) is 1. The first kappa shape index (κ1) is 25.3. The number of nitrogens with one attached hydrogen (secondary N) is 1. The molecule has 7 heteroatoms. The van der Waals surface area contributed by atoms with Crippen LogP contribution in [0.2, 0.25) is 0 Å². The molecule has 2 amide bonds. The highest BCUT2D eigenvalue weighted by Gasteiger charge is 2.30. The molecule has 0 heterocycles. The van der Waals surface area contributed by atoms with Gasteiger partial charge >= 0.3 is 0 Å². The molecule has 178 valence electrons. The third kappa shape index (κ3) is 7.35. The first-order chi connectivity index (χ1) is 16.5. The first-order valence-electron chi connectivity index (χ1n) is 11.1. The molecule has 3 aromatic rings. The van der Waals surface area contributed by atoms with Gasteiger partial charge in [0.25, 0.3) is 5.91 Å². The highest BCUT2D eigenvalue weighted by Crippen LogP contribution is 2.19. The van der Waals surface area contributed by atoms with E-state index >= 15 is 0 Å². The van der Waals surface area contributed by atoms with E-state index in [0.29, 0.717) is 24.5 Å². The van der Waals surface area contributed by atoms with E-state index in [1.807, 2.05) is 61.5 Å². The molecule has 3 rings (SSSR count). The molecule has 6 nitrogen and oxygen atoms in total. The molecule has 0 radical (unpaired) electrons. The minimum absolute atomic E-state index is 0.187. The minimum atomic E-state index is -0.682. The number of benzene rings is 3. The Morgan fingerprint density at radius 2 is 1.56 bits per heavy atom. The second kappa shape index (κ2) is 12.8. The molecule has 0 fully saturated rings. The van der Waals surface area contributed by atoms with Crippen LogP contribution in [-0.2, 0) is 22.6 Å². The van der Waals surface area contributed by atoms with Crippen molar-refractivity contribution in [1.29, 1.82) is 0 Å². The van der Waals surface area contributed by atoms with E-state index in [4.69, 9.17) is 9.47 Å². The summed E-state index contributed by atoms with van der Waals surface area (Å²) in [6.07, 6.45) is 0.400. The molecule has 1 unspecified atom stereocenters. The lowest BCUT2D eigenvalue weighted by Gasteiger charge is -2.31. The summed E-state index contributed by atoms with van der Waals surface area (Å²) < 4.78 is 11.9. The maximum absolute atomic E-state index is 13.4. The van der Waals surface area contributed by atoms with Crippen LogP contribution in [0.25, 0.3) is 0 Å². The van der Waals surface area contributed by atoms with Crippen LogP contribution in [0, 0.1) is 0 Å². The Labute approximate surface area is 209 Å². The Hall–Kier alpha value is -3.32. The normalized spacial score (nSPS) is 11.4. The molecule has 0 aromatic heterocycles. The molecule has 0 spiro atoms. The van der Waals surface area contributed by atoms with Crippen LogP contribution in [0.15, 0.2) is 83.3 Å². The van der Waals surface area contributed by atoms with Crippen LogP contribution in [0.3, 0.4) is 0 Å². The van der Waals surface area contributed by atoms with Crippen LogP contribution >= 0.6 is 15.9 Å². The molecule has 1 atom stereocenters. The SMILES string of the molecule is CCNC(=O)C(Cc1ccccc1)N(Cc1ccc(Br)cc1)C(=O)COc1ccc(OC)cc1. The van der Waals surface area contributed by atoms with Gasteiger partial charge in [-0.25, -0.2) is 0 Å². The summed E-state index contributed by atoms with van der Waals surface area (Å²) in [6.45, 7) is 2.44. The van der Waals surface area contributed by atoms with Crippen LogP contribution < -0.4 is 14.8 Å². The summed E-state index contributed by atoms with van der Waals surface area (Å²) in [5.41, 5.74) is 1.90. The second-order valence-corrected chi connectivity index (χ2v) is 8.63. The summed E-state index contributed by atoms with van der Waals surface area (Å²) in [7, 11) is 1.59. The summed E-state index contributed by atoms with van der Waals surface area (Å²) in [6, 6.07) is 23.8. The smallest absolute Gasteiger partial charge is 0.261 e. The van der Waals surface area contributed by atoms with Gasteiger partial charge in [-0.3, -0.25) is 9.59 Å². The molecule has 0 aliphatic rings. The van der Waals surface area contributed by atoms with Crippen molar-refractivity contribution in [2.24, 2.45) is 0 Å². The van der Waals surface area contributed by atoms with E-state index in [9.17, 15) is 9.59 Å². The minimum Gasteiger partial charge on any atom is -0.497 e. The number of hydrogen-bond acceptors (Lipinski definition) is 4. The van der Waals surface area contributed by atoms with Gasteiger partial charge in [-0.15, -0.1) is 0 Å². The molecular formula is C27H29BrN2O4. The van der Waals surface area contributed by atoms with Crippen molar-refractivity contribution in [1.82, 2.24) is 10.2 Å². The zero-order chi connectivity index (χ0) is 24.3. The highest BCUT2D eigenvalue weighted by atomic mass is 79.9. The third-order valence-electron chi connectivity index (χ3n) is 5.31. The zero-order valence-electron chi connectivity index (χ0n) is 19.4. The van der Waals surface area contributed by atoms with Crippen LogP contribution in [0.4, 0.5) is 0 Å². The lowest BCUT2D eigenvalue weighted by atomic mass is 10.0. The van der Waals surface area contributed by atoms with E-state index < -0.39 is 6.04 Å². The van der Waals surface area contributed by atoms with Crippen molar-refractivity contribution in [3.8, 4) is 11.5 Å². The van der Waals surface area contributed by atoms with Crippen LogP contribution in [-0.4, -0.2) is 43.0 Å². The van der Waals surface area contributed by atoms with Crippen molar-refractivity contribution < 1.29 is 19.1 Å². The molecule has 34 heavy (non-hydrogen) atoms. The van der Waals surface area contributed by atoms with Gasteiger partial charge in [0.15, 0.2) is 6.61 Å². The standard InChI is InChI=1S/C27H29BrN2O4/c1-3-29-27(32)25(17-20-7-5-4-6-8-20)30(18-21-9-11-22(28)12-10-21)26(31)19-34-24-15-13-23(33-2)14-16-24/h4-16,25H,3,17-19H2,1-2H3,(H,29,32). The maximum atomic E-state index is 13.4. The fourth-order valence-electron chi connectivity index (χ4n) is 3.53. The van der Waals surface area contributed by atoms with Gasteiger partial charge < -0.3 is 19.7 Å². The van der Waals surface area contributed by atoms with Gasteiger partial charge in [0.1, 0.15) is 17.5 Å². The van der Waals surface area contributed by atoms with E-state index in [-0.39, 0.29) is 25.0 Å². The summed E-state index contributed by atoms with van der Waals surface area (Å²) in [4.78, 5) is 28.2. The van der Waals surface area contributed by atoms with Gasteiger partial charge in [0.2, 0.25) is 5.91 Å². The quantitative estimate of drug-likeness (QED) is 0.397. The fourth-order valence-corrected chi connectivity index (χ4v) is 3.80.